The van der Waals surface area contributed by atoms with E-state index in [-0.39, 0.29) is 5.82 Å². The third-order valence-electron chi connectivity index (χ3n) is 6.27. The molecular weight excluding hydrogens is 470 g/mol. The van der Waals surface area contributed by atoms with Gasteiger partial charge in [-0.2, -0.15) is 4.98 Å². The summed E-state index contributed by atoms with van der Waals surface area (Å²) >= 11 is 0. The summed E-state index contributed by atoms with van der Waals surface area (Å²) in [5, 5.41) is 6.88. The first-order valence-electron chi connectivity index (χ1n) is 12.2. The zero-order chi connectivity index (χ0) is 25.8. The van der Waals surface area contributed by atoms with Gasteiger partial charge in [-0.05, 0) is 49.7 Å². The number of nitrogens with zero attached hydrogens (tertiary/aromatic N) is 6. The Morgan fingerprint density at radius 3 is 2.41 bits per heavy atom. The van der Waals surface area contributed by atoms with E-state index >= 15 is 0 Å². The number of amides is 1. The molecule has 0 saturated carbocycles. The standard InChI is InChI=1S/C27H29N7O3/c1-19-16-20(2)34-27(28-19)30-25(31-34)26(36)37-18-24(35)29-22-8-10-23(11-9-22)33-14-12-32(13-15-33)17-21-6-4-3-5-7-21/h3-11,16H,12-15,17-18H2,1-2H3,(H,29,35). The van der Waals surface area contributed by atoms with Crippen LogP contribution in [-0.2, 0) is 16.1 Å². The van der Waals surface area contributed by atoms with Gasteiger partial charge in [0.15, 0.2) is 6.61 Å². The van der Waals surface area contributed by atoms with Crippen molar-refractivity contribution in [3.8, 4) is 0 Å². The first-order chi connectivity index (χ1) is 17.9. The van der Waals surface area contributed by atoms with Gasteiger partial charge in [-0.25, -0.2) is 14.3 Å². The van der Waals surface area contributed by atoms with Gasteiger partial charge in [-0.1, -0.05) is 30.3 Å². The molecule has 2 aromatic heterocycles. The Bertz CT molecular complexity index is 1400. The highest BCUT2D eigenvalue weighted by atomic mass is 16.5. The van der Waals surface area contributed by atoms with Crippen LogP contribution in [0.2, 0.25) is 0 Å². The summed E-state index contributed by atoms with van der Waals surface area (Å²) in [5.41, 5.74) is 4.64. The number of carbonyl (C=O) groups is 2. The van der Waals surface area contributed by atoms with Crippen LogP contribution in [0.1, 0.15) is 27.6 Å². The Morgan fingerprint density at radius 2 is 1.68 bits per heavy atom. The topological polar surface area (TPSA) is 105 Å². The minimum absolute atomic E-state index is 0.137. The lowest BCUT2D eigenvalue weighted by Crippen LogP contribution is -2.45. The van der Waals surface area contributed by atoms with Crippen LogP contribution < -0.4 is 10.2 Å². The fourth-order valence-electron chi connectivity index (χ4n) is 4.41. The highest BCUT2D eigenvalue weighted by Crippen LogP contribution is 2.20. The molecule has 10 nitrogen and oxygen atoms in total. The van der Waals surface area contributed by atoms with Crippen LogP contribution in [0.25, 0.3) is 5.78 Å². The largest absolute Gasteiger partial charge is 0.450 e. The SMILES string of the molecule is Cc1cc(C)n2nc(C(=O)OCC(=O)Nc3ccc(N4CCN(Cc5ccccc5)CC4)cc3)nc2n1. The van der Waals surface area contributed by atoms with E-state index in [0.29, 0.717) is 11.5 Å². The monoisotopic (exact) mass is 499 g/mol. The molecule has 1 aliphatic rings. The molecule has 1 N–H and O–H groups in total. The molecule has 1 amide bonds. The molecule has 190 valence electrons. The molecular formula is C27H29N7O3. The Morgan fingerprint density at radius 1 is 0.946 bits per heavy atom. The lowest BCUT2D eigenvalue weighted by molar-refractivity contribution is -0.119. The molecule has 2 aromatic carbocycles. The highest BCUT2D eigenvalue weighted by molar-refractivity contribution is 5.94. The molecule has 0 unspecified atom stereocenters. The van der Waals surface area contributed by atoms with Crippen LogP contribution in [0.3, 0.4) is 0 Å². The van der Waals surface area contributed by atoms with E-state index in [0.717, 1.165) is 49.8 Å². The number of piperazine rings is 1. The van der Waals surface area contributed by atoms with E-state index in [2.05, 4.69) is 54.4 Å². The zero-order valence-electron chi connectivity index (χ0n) is 20.9. The number of benzene rings is 2. The summed E-state index contributed by atoms with van der Waals surface area (Å²) in [6, 6.07) is 20.0. The number of hydrogen-bond donors (Lipinski definition) is 1. The average molecular weight is 500 g/mol. The van der Waals surface area contributed by atoms with Crippen molar-refractivity contribution in [2.75, 3.05) is 43.0 Å². The second kappa shape index (κ2) is 10.8. The van der Waals surface area contributed by atoms with E-state index in [4.69, 9.17) is 4.74 Å². The van der Waals surface area contributed by atoms with Gasteiger partial charge < -0.3 is 15.0 Å². The van der Waals surface area contributed by atoms with Crippen LogP contribution in [0.5, 0.6) is 0 Å². The number of rotatable bonds is 7. The van der Waals surface area contributed by atoms with Crippen molar-refractivity contribution < 1.29 is 14.3 Å². The Kier molecular flexibility index (Phi) is 7.09. The number of aryl methyl sites for hydroxylation is 2. The molecule has 10 heteroatoms. The van der Waals surface area contributed by atoms with Gasteiger partial charge in [-0.15, -0.1) is 5.10 Å². The number of esters is 1. The number of fused-ring (bicyclic) bond motifs is 1. The molecule has 1 saturated heterocycles. The molecule has 4 aromatic rings. The third-order valence-corrected chi connectivity index (χ3v) is 6.27. The van der Waals surface area contributed by atoms with Crippen molar-refractivity contribution in [2.45, 2.75) is 20.4 Å². The summed E-state index contributed by atoms with van der Waals surface area (Å²) < 4.78 is 6.57. The lowest BCUT2D eigenvalue weighted by Gasteiger charge is -2.36. The number of ether oxygens (including phenoxy) is 1. The summed E-state index contributed by atoms with van der Waals surface area (Å²) in [7, 11) is 0. The second-order valence-corrected chi connectivity index (χ2v) is 9.11. The molecule has 37 heavy (non-hydrogen) atoms. The van der Waals surface area contributed by atoms with Gasteiger partial charge in [0.25, 0.3) is 17.5 Å². The fraction of sp³-hybridized carbons (Fsp3) is 0.296. The minimum atomic E-state index is -0.778. The van der Waals surface area contributed by atoms with Crippen molar-refractivity contribution in [1.29, 1.82) is 0 Å². The minimum Gasteiger partial charge on any atom is -0.450 e. The summed E-state index contributed by atoms with van der Waals surface area (Å²) in [5.74, 6) is -1.04. The fourth-order valence-corrected chi connectivity index (χ4v) is 4.41. The predicted molar refractivity (Wildman–Crippen MR) is 140 cm³/mol. The normalized spacial score (nSPS) is 14.1. The maximum absolute atomic E-state index is 12.3. The van der Waals surface area contributed by atoms with E-state index in [1.165, 1.54) is 10.1 Å². The highest BCUT2D eigenvalue weighted by Gasteiger charge is 2.19. The van der Waals surface area contributed by atoms with E-state index in [9.17, 15) is 9.59 Å². The molecule has 3 heterocycles. The number of hydrogen-bond acceptors (Lipinski definition) is 8. The van der Waals surface area contributed by atoms with Crippen molar-refractivity contribution in [3.05, 3.63) is 83.4 Å². The Labute approximate surface area is 214 Å². The van der Waals surface area contributed by atoms with Gasteiger partial charge in [-0.3, -0.25) is 9.69 Å². The van der Waals surface area contributed by atoms with Crippen molar-refractivity contribution in [1.82, 2.24) is 24.5 Å². The molecule has 0 bridgehead atoms. The Balaban J connectivity index is 1.09. The van der Waals surface area contributed by atoms with Crippen LogP contribution in [0, 0.1) is 13.8 Å². The van der Waals surface area contributed by atoms with E-state index in [1.54, 1.807) is 0 Å². The smallest absolute Gasteiger partial charge is 0.378 e. The van der Waals surface area contributed by atoms with Crippen molar-refractivity contribution in [2.24, 2.45) is 0 Å². The number of anilines is 2. The molecule has 1 aliphatic heterocycles. The van der Waals surface area contributed by atoms with Crippen LogP contribution >= 0.6 is 0 Å². The van der Waals surface area contributed by atoms with Gasteiger partial charge >= 0.3 is 5.97 Å². The van der Waals surface area contributed by atoms with Crippen LogP contribution in [0.4, 0.5) is 11.4 Å². The summed E-state index contributed by atoms with van der Waals surface area (Å²) in [6.45, 7) is 8.09. The van der Waals surface area contributed by atoms with Crippen molar-refractivity contribution in [3.63, 3.8) is 0 Å². The molecule has 1 fully saturated rings. The lowest BCUT2D eigenvalue weighted by atomic mass is 10.2. The van der Waals surface area contributed by atoms with E-state index in [1.807, 2.05) is 50.2 Å². The maximum Gasteiger partial charge on any atom is 0.378 e. The quantitative estimate of drug-likeness (QED) is 0.387. The van der Waals surface area contributed by atoms with E-state index < -0.39 is 18.5 Å². The summed E-state index contributed by atoms with van der Waals surface area (Å²) in [4.78, 5) is 37.8. The average Bonchev–Trinajstić information content (AvgIpc) is 3.34. The molecule has 0 spiro atoms. The van der Waals surface area contributed by atoms with Gasteiger partial charge in [0.1, 0.15) is 0 Å². The predicted octanol–water partition coefficient (Wildman–Crippen LogP) is 2.86. The molecule has 0 aliphatic carbocycles. The third kappa shape index (κ3) is 5.92. The molecule has 0 radical (unpaired) electrons. The number of nitrogens with one attached hydrogen (secondary N) is 1. The number of aromatic nitrogens is 4. The Hall–Kier alpha value is -4.31. The van der Waals surface area contributed by atoms with Gasteiger partial charge in [0.2, 0.25) is 0 Å². The van der Waals surface area contributed by atoms with Crippen LogP contribution in [0.15, 0.2) is 60.7 Å². The summed E-state index contributed by atoms with van der Waals surface area (Å²) in [6.07, 6.45) is 0. The first-order valence-corrected chi connectivity index (χ1v) is 12.2. The zero-order valence-corrected chi connectivity index (χ0v) is 20.9. The number of carbonyl (C=O) groups excluding carboxylic acids is 2. The maximum atomic E-state index is 12.3. The first kappa shape index (κ1) is 24.4. The van der Waals surface area contributed by atoms with Gasteiger partial charge in [0, 0.05) is 55.5 Å². The molecule has 0 atom stereocenters. The van der Waals surface area contributed by atoms with Gasteiger partial charge in [0.05, 0.1) is 0 Å². The molecule has 5 rings (SSSR count). The second-order valence-electron chi connectivity index (χ2n) is 9.11. The van der Waals surface area contributed by atoms with Crippen molar-refractivity contribution >= 4 is 29.0 Å². The van der Waals surface area contributed by atoms with Crippen LogP contribution in [-0.4, -0.2) is 69.1 Å².